The zero-order valence-electron chi connectivity index (χ0n) is 9.59. The van der Waals surface area contributed by atoms with E-state index in [4.69, 9.17) is 14.6 Å². The van der Waals surface area contributed by atoms with Crippen molar-refractivity contribution < 1.29 is 32.1 Å². The Bertz CT molecular complexity index is 327. The average molecular weight is 285 g/mol. The molecule has 0 amide bonds. The molecule has 106 valence electrons. The second kappa shape index (κ2) is 5.46. The summed E-state index contributed by atoms with van der Waals surface area (Å²) < 4.78 is 56.6. The highest BCUT2D eigenvalue weighted by molar-refractivity contribution is 7.80. The van der Waals surface area contributed by atoms with Crippen molar-refractivity contribution >= 4 is 11.1 Å². The van der Waals surface area contributed by atoms with Gasteiger partial charge in [-0.25, -0.2) is 0 Å². The SMILES string of the molecule is O=S([O-])C(F)(F)C(O)OC1CCC2CCOC2C1. The summed E-state index contributed by atoms with van der Waals surface area (Å²) in [7, 11) is 0. The molecule has 0 radical (unpaired) electrons. The second-order valence-electron chi connectivity index (χ2n) is 4.68. The molecule has 5 nitrogen and oxygen atoms in total. The predicted molar refractivity (Wildman–Crippen MR) is 56.4 cm³/mol. The fourth-order valence-electron chi connectivity index (χ4n) is 2.53. The molecule has 1 saturated carbocycles. The van der Waals surface area contributed by atoms with Gasteiger partial charge in [-0.05, 0) is 25.2 Å². The fraction of sp³-hybridized carbons (Fsp3) is 1.00. The lowest BCUT2D eigenvalue weighted by atomic mass is 9.84. The second-order valence-corrected chi connectivity index (χ2v) is 5.69. The maximum Gasteiger partial charge on any atom is 0.358 e. The molecular formula is C10H15F2O5S-. The van der Waals surface area contributed by atoms with E-state index in [2.05, 4.69) is 0 Å². The van der Waals surface area contributed by atoms with Gasteiger partial charge >= 0.3 is 5.25 Å². The van der Waals surface area contributed by atoms with Crippen LogP contribution >= 0.6 is 0 Å². The third-order valence-electron chi connectivity index (χ3n) is 3.53. The van der Waals surface area contributed by atoms with Crippen LogP contribution in [0.15, 0.2) is 0 Å². The molecule has 0 bridgehead atoms. The maximum absolute atomic E-state index is 12.9. The zero-order valence-corrected chi connectivity index (χ0v) is 10.4. The molecule has 8 heteroatoms. The number of aliphatic hydroxyl groups excluding tert-OH is 1. The number of halogens is 2. The van der Waals surface area contributed by atoms with E-state index in [0.717, 1.165) is 12.8 Å². The molecule has 1 N–H and O–H groups in total. The van der Waals surface area contributed by atoms with Crippen LogP contribution in [0.25, 0.3) is 0 Å². The highest BCUT2D eigenvalue weighted by Gasteiger charge is 2.44. The van der Waals surface area contributed by atoms with Crippen LogP contribution in [0, 0.1) is 5.92 Å². The zero-order chi connectivity index (χ0) is 13.3. The van der Waals surface area contributed by atoms with Gasteiger partial charge in [-0.1, -0.05) is 0 Å². The summed E-state index contributed by atoms with van der Waals surface area (Å²) in [5.41, 5.74) is 0. The summed E-state index contributed by atoms with van der Waals surface area (Å²) in [5, 5.41) is 4.85. The minimum absolute atomic E-state index is 0.0256. The Hall–Kier alpha value is -0.150. The Labute approximate surface area is 106 Å². The Balaban J connectivity index is 1.88. The van der Waals surface area contributed by atoms with Gasteiger partial charge < -0.3 is 19.1 Å². The molecule has 18 heavy (non-hydrogen) atoms. The lowest BCUT2D eigenvalue weighted by molar-refractivity contribution is -0.227. The Morgan fingerprint density at radius 3 is 2.83 bits per heavy atom. The summed E-state index contributed by atoms with van der Waals surface area (Å²) in [5.74, 6) is 0.427. The first-order valence-corrected chi connectivity index (χ1v) is 6.91. The largest absolute Gasteiger partial charge is 0.768 e. The van der Waals surface area contributed by atoms with E-state index in [1.165, 1.54) is 0 Å². The molecule has 1 heterocycles. The van der Waals surface area contributed by atoms with Crippen molar-refractivity contribution in [2.75, 3.05) is 6.61 Å². The molecule has 0 aromatic rings. The smallest absolute Gasteiger partial charge is 0.358 e. The molecule has 2 aliphatic rings. The first kappa shape index (κ1) is 14.3. The molecule has 0 aromatic carbocycles. The quantitative estimate of drug-likeness (QED) is 0.609. The molecule has 0 spiro atoms. The van der Waals surface area contributed by atoms with Crippen LogP contribution in [0.4, 0.5) is 8.78 Å². The third-order valence-corrected chi connectivity index (χ3v) is 4.18. The van der Waals surface area contributed by atoms with E-state index in [0.29, 0.717) is 25.4 Å². The molecular weight excluding hydrogens is 270 g/mol. The Kier molecular flexibility index (Phi) is 4.32. The molecule has 1 saturated heterocycles. The number of alkyl halides is 2. The number of hydrogen-bond acceptors (Lipinski definition) is 5. The monoisotopic (exact) mass is 285 g/mol. The topological polar surface area (TPSA) is 78.8 Å². The summed E-state index contributed by atoms with van der Waals surface area (Å²) in [6.07, 6.45) is -0.545. The van der Waals surface area contributed by atoms with E-state index >= 15 is 0 Å². The van der Waals surface area contributed by atoms with Gasteiger partial charge in [0.05, 0.1) is 12.2 Å². The van der Waals surface area contributed by atoms with Crippen molar-refractivity contribution in [3.05, 3.63) is 0 Å². The van der Waals surface area contributed by atoms with Crippen molar-refractivity contribution in [1.82, 2.24) is 0 Å². The van der Waals surface area contributed by atoms with Crippen molar-refractivity contribution in [3.63, 3.8) is 0 Å². The van der Waals surface area contributed by atoms with Gasteiger partial charge in [-0.2, -0.15) is 8.78 Å². The van der Waals surface area contributed by atoms with Gasteiger partial charge in [0.2, 0.25) is 6.29 Å². The van der Waals surface area contributed by atoms with Crippen molar-refractivity contribution in [2.24, 2.45) is 5.92 Å². The van der Waals surface area contributed by atoms with Gasteiger partial charge in [0.15, 0.2) is 0 Å². The van der Waals surface area contributed by atoms with Crippen LogP contribution in [0.3, 0.4) is 0 Å². The van der Waals surface area contributed by atoms with Crippen LogP contribution < -0.4 is 0 Å². The fourth-order valence-corrected chi connectivity index (χ4v) is 2.75. The van der Waals surface area contributed by atoms with E-state index in [-0.39, 0.29) is 6.10 Å². The third kappa shape index (κ3) is 2.88. The summed E-state index contributed by atoms with van der Waals surface area (Å²) in [6.45, 7) is 0.658. The highest BCUT2D eigenvalue weighted by atomic mass is 32.2. The molecule has 0 aromatic heterocycles. The highest BCUT2D eigenvalue weighted by Crippen LogP contribution is 2.36. The number of ether oxygens (including phenoxy) is 2. The lowest BCUT2D eigenvalue weighted by Crippen LogP contribution is -2.43. The van der Waals surface area contributed by atoms with Gasteiger partial charge in [0.25, 0.3) is 0 Å². The normalized spacial score (nSPS) is 36.1. The van der Waals surface area contributed by atoms with Crippen LogP contribution in [0.5, 0.6) is 0 Å². The van der Waals surface area contributed by atoms with Crippen molar-refractivity contribution in [2.45, 2.75) is 49.4 Å². The van der Waals surface area contributed by atoms with Gasteiger partial charge in [0.1, 0.15) is 0 Å². The van der Waals surface area contributed by atoms with E-state index in [1.807, 2.05) is 0 Å². The van der Waals surface area contributed by atoms with Gasteiger partial charge in [0, 0.05) is 24.1 Å². The van der Waals surface area contributed by atoms with Crippen LogP contribution in [-0.2, 0) is 20.6 Å². The number of aliphatic hydroxyl groups is 1. The van der Waals surface area contributed by atoms with E-state index < -0.39 is 28.7 Å². The molecule has 1 aliphatic carbocycles. The Morgan fingerprint density at radius 1 is 1.44 bits per heavy atom. The Morgan fingerprint density at radius 2 is 2.17 bits per heavy atom. The standard InChI is InChI=1S/C10H16F2O5S/c11-10(12,18(14)15)9(13)17-7-2-1-6-3-4-16-8(6)5-7/h6-9,13H,1-5H2,(H,14,15)/p-1. The van der Waals surface area contributed by atoms with Gasteiger partial charge in [-0.3, -0.25) is 4.21 Å². The molecule has 2 fully saturated rings. The first-order chi connectivity index (χ1) is 8.41. The minimum Gasteiger partial charge on any atom is -0.768 e. The van der Waals surface area contributed by atoms with Crippen molar-refractivity contribution in [3.8, 4) is 0 Å². The first-order valence-electron chi connectivity index (χ1n) is 5.83. The van der Waals surface area contributed by atoms with E-state index in [9.17, 15) is 17.5 Å². The summed E-state index contributed by atoms with van der Waals surface area (Å²) in [6, 6.07) is 0. The maximum atomic E-state index is 12.9. The van der Waals surface area contributed by atoms with Crippen molar-refractivity contribution in [1.29, 1.82) is 0 Å². The minimum atomic E-state index is -4.28. The predicted octanol–water partition coefficient (Wildman–Crippen LogP) is 0.751. The number of rotatable bonds is 4. The molecule has 5 unspecified atom stereocenters. The molecule has 2 rings (SSSR count). The summed E-state index contributed by atoms with van der Waals surface area (Å²) in [4.78, 5) is 0. The van der Waals surface area contributed by atoms with Crippen LogP contribution in [0.2, 0.25) is 0 Å². The van der Waals surface area contributed by atoms with Crippen LogP contribution in [0.1, 0.15) is 25.7 Å². The number of fused-ring (bicyclic) bond motifs is 1. The molecule has 1 aliphatic heterocycles. The van der Waals surface area contributed by atoms with E-state index in [1.54, 1.807) is 0 Å². The molecule has 5 atom stereocenters. The van der Waals surface area contributed by atoms with Gasteiger partial charge in [-0.15, -0.1) is 0 Å². The van der Waals surface area contributed by atoms with Crippen LogP contribution in [-0.4, -0.2) is 44.2 Å². The summed E-state index contributed by atoms with van der Waals surface area (Å²) >= 11 is -3.71. The lowest BCUT2D eigenvalue weighted by Gasteiger charge is -2.34. The number of hydrogen-bond donors (Lipinski definition) is 1. The average Bonchev–Trinajstić information content (AvgIpc) is 2.75.